The Balaban J connectivity index is 0.00000261. The van der Waals surface area contributed by atoms with Crippen LogP contribution in [0.5, 0.6) is 0 Å². The van der Waals surface area contributed by atoms with Crippen molar-refractivity contribution in [2.75, 3.05) is 39.9 Å². The molecule has 0 bridgehead atoms. The van der Waals surface area contributed by atoms with E-state index >= 15 is 0 Å². The molecule has 8 heteroatoms. The summed E-state index contributed by atoms with van der Waals surface area (Å²) in [5, 5.41) is 4.86. The molecule has 27 heavy (non-hydrogen) atoms. The number of ether oxygens (including phenoxy) is 2. The molecule has 2 fully saturated rings. The molecule has 0 aliphatic carbocycles. The SMILES string of the molecule is CN=C(NCCCc1ccc(Cl)cc1Cl)N1CCOC(C2CCCO2)C1.I. The number of rotatable bonds is 5. The quantitative estimate of drug-likeness (QED) is 0.272. The summed E-state index contributed by atoms with van der Waals surface area (Å²) < 4.78 is 11.7. The van der Waals surface area contributed by atoms with E-state index < -0.39 is 0 Å². The fourth-order valence-electron chi connectivity index (χ4n) is 3.52. The Bertz CT molecular complexity index is 627. The summed E-state index contributed by atoms with van der Waals surface area (Å²) in [6, 6.07) is 5.67. The molecule has 1 N–H and O–H groups in total. The average molecular weight is 528 g/mol. The normalized spacial score (nSPS) is 23.2. The molecule has 3 rings (SSSR count). The van der Waals surface area contributed by atoms with Crippen LogP contribution in [0.4, 0.5) is 0 Å². The molecule has 0 radical (unpaired) electrons. The molecule has 0 aromatic heterocycles. The summed E-state index contributed by atoms with van der Waals surface area (Å²) in [5.74, 6) is 0.929. The van der Waals surface area contributed by atoms with Gasteiger partial charge in [0, 0.05) is 43.3 Å². The van der Waals surface area contributed by atoms with E-state index in [4.69, 9.17) is 32.7 Å². The summed E-state index contributed by atoms with van der Waals surface area (Å²) in [6.07, 6.45) is 4.46. The van der Waals surface area contributed by atoms with Gasteiger partial charge in [-0.15, -0.1) is 24.0 Å². The molecule has 0 amide bonds. The first-order valence-corrected chi connectivity index (χ1v) is 10.1. The van der Waals surface area contributed by atoms with Crippen LogP contribution in [-0.4, -0.2) is 63.0 Å². The molecule has 152 valence electrons. The molecule has 0 saturated carbocycles. The first kappa shape index (κ1) is 23.0. The third kappa shape index (κ3) is 6.63. The van der Waals surface area contributed by atoms with E-state index in [1.165, 1.54) is 0 Å². The van der Waals surface area contributed by atoms with Gasteiger partial charge in [0.05, 0.1) is 12.7 Å². The number of aliphatic imine (C=N–C) groups is 1. The van der Waals surface area contributed by atoms with Crippen molar-refractivity contribution in [3.63, 3.8) is 0 Å². The van der Waals surface area contributed by atoms with Crippen molar-refractivity contribution in [1.82, 2.24) is 10.2 Å². The van der Waals surface area contributed by atoms with Crippen LogP contribution >= 0.6 is 47.2 Å². The minimum absolute atomic E-state index is 0. The van der Waals surface area contributed by atoms with Crippen LogP contribution < -0.4 is 5.32 Å². The van der Waals surface area contributed by atoms with Crippen molar-refractivity contribution in [3.8, 4) is 0 Å². The first-order chi connectivity index (χ1) is 12.7. The number of guanidine groups is 1. The van der Waals surface area contributed by atoms with Gasteiger partial charge in [0.25, 0.3) is 0 Å². The molecular weight excluding hydrogens is 500 g/mol. The smallest absolute Gasteiger partial charge is 0.193 e. The van der Waals surface area contributed by atoms with Gasteiger partial charge >= 0.3 is 0 Å². The highest BCUT2D eigenvalue weighted by Gasteiger charge is 2.32. The molecule has 2 saturated heterocycles. The van der Waals surface area contributed by atoms with Crippen LogP contribution in [0.3, 0.4) is 0 Å². The summed E-state index contributed by atoms with van der Waals surface area (Å²) in [6.45, 7) is 4.09. The van der Waals surface area contributed by atoms with Crippen LogP contribution in [-0.2, 0) is 15.9 Å². The Morgan fingerprint density at radius 2 is 2.07 bits per heavy atom. The summed E-state index contributed by atoms with van der Waals surface area (Å²) in [4.78, 5) is 6.71. The van der Waals surface area contributed by atoms with Gasteiger partial charge in [0.15, 0.2) is 5.96 Å². The van der Waals surface area contributed by atoms with E-state index in [2.05, 4.69) is 15.2 Å². The van der Waals surface area contributed by atoms with Crippen molar-refractivity contribution < 1.29 is 9.47 Å². The number of nitrogens with zero attached hydrogens (tertiary/aromatic N) is 2. The van der Waals surface area contributed by atoms with Gasteiger partial charge in [0.1, 0.15) is 6.10 Å². The molecule has 1 aromatic carbocycles. The highest BCUT2D eigenvalue weighted by molar-refractivity contribution is 14.0. The fraction of sp³-hybridized carbons (Fsp3) is 0.632. The molecule has 2 unspecified atom stereocenters. The zero-order valence-electron chi connectivity index (χ0n) is 15.6. The Hall–Kier alpha value is -0.280. The van der Waals surface area contributed by atoms with Crippen molar-refractivity contribution in [2.24, 2.45) is 4.99 Å². The van der Waals surface area contributed by atoms with Gasteiger partial charge in [-0.3, -0.25) is 4.99 Å². The number of morpholine rings is 1. The summed E-state index contributed by atoms with van der Waals surface area (Å²) >= 11 is 12.2. The van der Waals surface area contributed by atoms with Crippen LogP contribution in [0.2, 0.25) is 10.0 Å². The Morgan fingerprint density at radius 1 is 1.26 bits per heavy atom. The van der Waals surface area contributed by atoms with E-state index in [9.17, 15) is 0 Å². The topological polar surface area (TPSA) is 46.1 Å². The van der Waals surface area contributed by atoms with Crippen LogP contribution in [0.25, 0.3) is 0 Å². The predicted octanol–water partition coefficient (Wildman–Crippen LogP) is 4.00. The molecule has 2 aliphatic rings. The average Bonchev–Trinajstić information content (AvgIpc) is 3.18. The van der Waals surface area contributed by atoms with Crippen molar-refractivity contribution >= 4 is 53.1 Å². The van der Waals surface area contributed by atoms with Crippen molar-refractivity contribution in [1.29, 1.82) is 0 Å². The minimum Gasteiger partial charge on any atom is -0.375 e. The van der Waals surface area contributed by atoms with Crippen LogP contribution in [0.1, 0.15) is 24.8 Å². The number of benzene rings is 1. The zero-order valence-corrected chi connectivity index (χ0v) is 19.5. The molecule has 2 aliphatic heterocycles. The van der Waals surface area contributed by atoms with E-state index in [0.29, 0.717) is 11.6 Å². The fourth-order valence-corrected chi connectivity index (χ4v) is 4.03. The monoisotopic (exact) mass is 527 g/mol. The maximum atomic E-state index is 6.24. The van der Waals surface area contributed by atoms with Gasteiger partial charge in [-0.2, -0.15) is 0 Å². The third-order valence-electron chi connectivity index (χ3n) is 4.91. The van der Waals surface area contributed by atoms with E-state index in [1.54, 1.807) is 6.07 Å². The van der Waals surface area contributed by atoms with Gasteiger partial charge in [-0.1, -0.05) is 29.3 Å². The maximum absolute atomic E-state index is 6.24. The van der Waals surface area contributed by atoms with Gasteiger partial charge < -0.3 is 19.7 Å². The van der Waals surface area contributed by atoms with Crippen LogP contribution in [0.15, 0.2) is 23.2 Å². The lowest BCUT2D eigenvalue weighted by Crippen LogP contribution is -2.53. The molecule has 0 spiro atoms. The van der Waals surface area contributed by atoms with E-state index in [-0.39, 0.29) is 36.2 Å². The second-order valence-electron chi connectivity index (χ2n) is 6.72. The number of nitrogens with one attached hydrogen (secondary N) is 1. The lowest BCUT2D eigenvalue weighted by atomic mass is 10.1. The van der Waals surface area contributed by atoms with Crippen LogP contribution in [0, 0.1) is 0 Å². The van der Waals surface area contributed by atoms with Gasteiger partial charge in [-0.05, 0) is 43.4 Å². The lowest BCUT2D eigenvalue weighted by molar-refractivity contribution is -0.0816. The molecule has 1 aromatic rings. The Labute approximate surface area is 188 Å². The third-order valence-corrected chi connectivity index (χ3v) is 5.49. The van der Waals surface area contributed by atoms with E-state index in [0.717, 1.165) is 68.5 Å². The van der Waals surface area contributed by atoms with Gasteiger partial charge in [0.2, 0.25) is 0 Å². The second-order valence-corrected chi connectivity index (χ2v) is 7.56. The molecule has 2 heterocycles. The van der Waals surface area contributed by atoms with Gasteiger partial charge in [-0.25, -0.2) is 0 Å². The molecule has 5 nitrogen and oxygen atoms in total. The highest BCUT2D eigenvalue weighted by atomic mass is 127. The molecular formula is C19H28Cl2IN3O2. The summed E-state index contributed by atoms with van der Waals surface area (Å²) in [5.41, 5.74) is 1.12. The summed E-state index contributed by atoms with van der Waals surface area (Å²) in [7, 11) is 1.83. The minimum atomic E-state index is 0. The predicted molar refractivity (Wildman–Crippen MR) is 122 cm³/mol. The lowest BCUT2D eigenvalue weighted by Gasteiger charge is -2.37. The number of halogens is 3. The standard InChI is InChI=1S/C19H27Cl2N3O2.HI/c1-22-19(23-8-2-4-14-6-7-15(20)12-16(14)21)24-9-11-26-18(13-24)17-5-3-10-25-17;/h6-7,12,17-18H,2-5,8-11,13H2,1H3,(H,22,23);1H. The Kier molecular flexibility index (Phi) is 9.93. The highest BCUT2D eigenvalue weighted by Crippen LogP contribution is 2.22. The Morgan fingerprint density at radius 3 is 2.78 bits per heavy atom. The van der Waals surface area contributed by atoms with Crippen molar-refractivity contribution in [3.05, 3.63) is 33.8 Å². The second kappa shape index (κ2) is 11.7. The zero-order chi connectivity index (χ0) is 18.4. The number of hydrogen-bond acceptors (Lipinski definition) is 3. The first-order valence-electron chi connectivity index (χ1n) is 9.30. The molecule has 2 atom stereocenters. The number of aryl methyl sites for hydroxylation is 1. The maximum Gasteiger partial charge on any atom is 0.193 e. The number of hydrogen-bond donors (Lipinski definition) is 1. The van der Waals surface area contributed by atoms with E-state index in [1.807, 2.05) is 19.2 Å². The van der Waals surface area contributed by atoms with Crippen molar-refractivity contribution in [2.45, 2.75) is 37.9 Å². The largest absolute Gasteiger partial charge is 0.375 e.